The van der Waals surface area contributed by atoms with E-state index in [1.165, 1.54) is 97.8 Å². The molecule has 4 heteroatoms. The highest BCUT2D eigenvalue weighted by molar-refractivity contribution is 7.26. The summed E-state index contributed by atoms with van der Waals surface area (Å²) >= 11 is 1.90. The Morgan fingerprint density at radius 1 is 0.553 bits per heavy atom. The first-order chi connectivity index (χ1) is 23.3. The fourth-order valence-corrected chi connectivity index (χ4v) is 9.74. The summed E-state index contributed by atoms with van der Waals surface area (Å²) in [5.74, 6) is 0. The molecular weight excluding hydrogens is 587 g/mol. The van der Waals surface area contributed by atoms with Crippen LogP contribution in [0.5, 0.6) is 0 Å². The Balaban J connectivity index is 1.42. The van der Waals surface area contributed by atoms with E-state index in [4.69, 9.17) is 0 Å². The molecule has 7 aromatic carbocycles. The number of anilines is 2. The molecule has 2 aromatic heterocycles. The van der Waals surface area contributed by atoms with Gasteiger partial charge in [-0.1, -0.05) is 103 Å². The van der Waals surface area contributed by atoms with Gasteiger partial charge in [-0.2, -0.15) is 0 Å². The minimum atomic E-state index is 0.00518. The van der Waals surface area contributed by atoms with Crippen LogP contribution in [0.4, 0.5) is 11.4 Å². The molecule has 0 unspecified atom stereocenters. The molecule has 0 saturated heterocycles. The molecule has 0 fully saturated rings. The molecule has 0 N–H and O–H groups in total. The third kappa shape index (κ3) is 3.25. The number of aromatic nitrogens is 1. The second kappa shape index (κ2) is 9.25. The summed E-state index contributed by atoms with van der Waals surface area (Å²) < 4.78 is 5.21. The van der Waals surface area contributed by atoms with E-state index in [0.717, 1.165) is 0 Å². The molecule has 0 amide bonds. The van der Waals surface area contributed by atoms with Gasteiger partial charge in [0.1, 0.15) is 0 Å². The van der Waals surface area contributed by atoms with E-state index in [2.05, 4.69) is 162 Å². The maximum Gasteiger partial charge on any atom is 0.333 e. The highest BCUT2D eigenvalue weighted by Crippen LogP contribution is 2.52. The summed E-state index contributed by atoms with van der Waals surface area (Å²) in [6.07, 6.45) is 0. The van der Waals surface area contributed by atoms with E-state index in [1.54, 1.807) is 0 Å². The molecule has 218 valence electrons. The average Bonchev–Trinajstić information content (AvgIpc) is 3.68. The Hall–Kier alpha value is -5.58. The van der Waals surface area contributed by atoms with Crippen molar-refractivity contribution in [2.75, 3.05) is 4.81 Å². The van der Waals surface area contributed by atoms with Gasteiger partial charge in [0.15, 0.2) is 0 Å². The molecular formula is C43H27BN2S. The molecule has 11 rings (SSSR count). The molecule has 0 spiro atoms. The smallest absolute Gasteiger partial charge is 0.333 e. The van der Waals surface area contributed by atoms with Gasteiger partial charge in [-0.25, -0.2) is 0 Å². The maximum atomic E-state index is 2.66. The van der Waals surface area contributed by atoms with Gasteiger partial charge < -0.3 is 9.38 Å². The van der Waals surface area contributed by atoms with Crippen LogP contribution in [0, 0.1) is 6.92 Å². The number of fused-ring (bicyclic) bond motifs is 12. The highest BCUT2D eigenvalue weighted by atomic mass is 32.1. The Kier molecular flexibility index (Phi) is 5.04. The van der Waals surface area contributed by atoms with Crippen molar-refractivity contribution < 1.29 is 0 Å². The molecule has 2 aliphatic heterocycles. The predicted octanol–water partition coefficient (Wildman–Crippen LogP) is 10.4. The SMILES string of the molecule is Cc1ccccc1-c1cc2c3c4c1c1ccccc1n4-c1ccccc1B3N(c1ccccc1)c1c-2ccc2sc3ccccc3c12. The summed E-state index contributed by atoms with van der Waals surface area (Å²) in [7, 11) is 0. The van der Waals surface area contributed by atoms with Crippen molar-refractivity contribution in [1.82, 2.24) is 4.57 Å². The Labute approximate surface area is 276 Å². The molecule has 0 radical (unpaired) electrons. The summed E-state index contributed by atoms with van der Waals surface area (Å²) in [6.45, 7) is 2.25. The summed E-state index contributed by atoms with van der Waals surface area (Å²) in [5, 5.41) is 5.31. The van der Waals surface area contributed by atoms with Gasteiger partial charge in [0.25, 0.3) is 0 Å². The summed E-state index contributed by atoms with van der Waals surface area (Å²) in [6, 6.07) is 54.2. The van der Waals surface area contributed by atoms with E-state index in [-0.39, 0.29) is 6.85 Å². The van der Waals surface area contributed by atoms with Gasteiger partial charge in [-0.15, -0.1) is 11.3 Å². The second-order valence-electron chi connectivity index (χ2n) is 12.9. The largest absolute Gasteiger partial charge is 0.376 e. The van der Waals surface area contributed by atoms with Crippen molar-refractivity contribution in [1.29, 1.82) is 0 Å². The van der Waals surface area contributed by atoms with E-state index in [9.17, 15) is 0 Å². The zero-order valence-corrected chi connectivity index (χ0v) is 26.6. The monoisotopic (exact) mass is 614 g/mol. The van der Waals surface area contributed by atoms with Crippen LogP contribution in [0.15, 0.2) is 146 Å². The van der Waals surface area contributed by atoms with Crippen LogP contribution in [0.1, 0.15) is 5.56 Å². The lowest BCUT2D eigenvalue weighted by atomic mass is 9.43. The quantitative estimate of drug-likeness (QED) is 0.176. The topological polar surface area (TPSA) is 8.17 Å². The normalized spacial score (nSPS) is 13.1. The van der Waals surface area contributed by atoms with Crippen molar-refractivity contribution >= 4 is 82.5 Å². The van der Waals surface area contributed by atoms with Gasteiger partial charge in [0.2, 0.25) is 0 Å². The molecule has 0 bridgehead atoms. The fraction of sp³-hybridized carbons (Fsp3) is 0.0233. The highest BCUT2D eigenvalue weighted by Gasteiger charge is 2.45. The van der Waals surface area contributed by atoms with E-state index >= 15 is 0 Å². The van der Waals surface area contributed by atoms with Crippen molar-refractivity contribution in [3.05, 3.63) is 151 Å². The van der Waals surface area contributed by atoms with Crippen LogP contribution in [0.3, 0.4) is 0 Å². The Morgan fingerprint density at radius 3 is 2.19 bits per heavy atom. The van der Waals surface area contributed by atoms with Crippen molar-refractivity contribution in [2.45, 2.75) is 6.92 Å². The van der Waals surface area contributed by atoms with Crippen LogP contribution in [-0.4, -0.2) is 11.4 Å². The number of benzene rings is 7. The van der Waals surface area contributed by atoms with Crippen LogP contribution >= 0.6 is 11.3 Å². The third-order valence-corrected chi connectivity index (χ3v) is 11.6. The molecule has 0 atom stereocenters. The van der Waals surface area contributed by atoms with Crippen molar-refractivity contribution in [3.8, 4) is 27.9 Å². The minimum absolute atomic E-state index is 0.00518. The lowest BCUT2D eigenvalue weighted by Gasteiger charge is -2.42. The first kappa shape index (κ1) is 25.6. The van der Waals surface area contributed by atoms with Gasteiger partial charge in [-0.3, -0.25) is 0 Å². The van der Waals surface area contributed by atoms with Crippen molar-refractivity contribution in [3.63, 3.8) is 0 Å². The Morgan fingerprint density at radius 2 is 1.30 bits per heavy atom. The number of rotatable bonds is 2. The first-order valence-corrected chi connectivity index (χ1v) is 17.1. The summed E-state index contributed by atoms with van der Waals surface area (Å²) in [5.41, 5.74) is 15.6. The lowest BCUT2D eigenvalue weighted by molar-refractivity contribution is 1.18. The Bertz CT molecular complexity index is 2770. The maximum absolute atomic E-state index is 2.66. The third-order valence-electron chi connectivity index (χ3n) is 10.5. The minimum Gasteiger partial charge on any atom is -0.376 e. The lowest BCUT2D eigenvalue weighted by Crippen LogP contribution is -2.60. The van der Waals surface area contributed by atoms with Gasteiger partial charge in [0.05, 0.1) is 11.0 Å². The fourth-order valence-electron chi connectivity index (χ4n) is 8.63. The van der Waals surface area contributed by atoms with Crippen LogP contribution in [0.25, 0.3) is 69.9 Å². The van der Waals surface area contributed by atoms with Crippen LogP contribution < -0.4 is 15.7 Å². The average molecular weight is 615 g/mol. The standard InChI is InChI=1S/C43H27BN2S/c1-26-13-5-6-16-28(26)32-25-33-29-23-24-38-40(31-18-8-12-22-37(31)47-38)42(29)46(27-14-3-2-4-15-27)44-34-19-9-11-21-36(34)45-35-20-10-7-17-30(35)39(32)43(45)41(33)44/h2-25H,1H3. The van der Waals surface area contributed by atoms with Crippen LogP contribution in [-0.2, 0) is 0 Å². The molecule has 2 nitrogen and oxygen atoms in total. The van der Waals surface area contributed by atoms with Crippen molar-refractivity contribution in [2.24, 2.45) is 0 Å². The molecule has 9 aromatic rings. The van der Waals surface area contributed by atoms with Gasteiger partial charge in [-0.05, 0) is 82.6 Å². The number of aryl methyl sites for hydroxylation is 1. The number of para-hydroxylation sites is 3. The number of nitrogens with zero attached hydrogens (tertiary/aromatic N) is 2. The number of hydrogen-bond donors (Lipinski definition) is 0. The number of thiophene rings is 1. The second-order valence-corrected chi connectivity index (χ2v) is 14.0. The predicted molar refractivity (Wildman–Crippen MR) is 203 cm³/mol. The molecule has 2 aliphatic rings. The van der Waals surface area contributed by atoms with Gasteiger partial charge >= 0.3 is 6.85 Å². The van der Waals surface area contributed by atoms with E-state index in [0.29, 0.717) is 0 Å². The number of hydrogen-bond acceptors (Lipinski definition) is 2. The summed E-state index contributed by atoms with van der Waals surface area (Å²) in [4.78, 5) is 2.66. The first-order valence-electron chi connectivity index (χ1n) is 16.3. The van der Waals surface area contributed by atoms with Crippen LogP contribution in [0.2, 0.25) is 0 Å². The molecule has 4 heterocycles. The molecule has 0 saturated carbocycles. The van der Waals surface area contributed by atoms with E-state index in [1.807, 2.05) is 11.3 Å². The van der Waals surface area contributed by atoms with E-state index < -0.39 is 0 Å². The zero-order chi connectivity index (χ0) is 30.8. The molecule has 47 heavy (non-hydrogen) atoms. The van der Waals surface area contributed by atoms with Gasteiger partial charge in [0, 0.05) is 53.6 Å². The molecule has 0 aliphatic carbocycles. The zero-order valence-electron chi connectivity index (χ0n) is 25.7.